The molecule has 0 spiro atoms. The van der Waals surface area contributed by atoms with E-state index in [4.69, 9.17) is 11.6 Å². The molecular weight excluding hydrogens is 176 g/mol. The maximum atomic E-state index is 11.2. The lowest BCUT2D eigenvalue weighted by molar-refractivity contribution is 0.0955. The number of halogens is 1. The van der Waals surface area contributed by atoms with Crippen molar-refractivity contribution < 1.29 is 4.79 Å². The molecule has 0 radical (unpaired) electrons. The first-order valence-electron chi connectivity index (χ1n) is 3.64. The highest BCUT2D eigenvalue weighted by Gasteiger charge is 2.07. The lowest BCUT2D eigenvalue weighted by atomic mass is 10.3. The maximum absolute atomic E-state index is 11.2. The van der Waals surface area contributed by atoms with Gasteiger partial charge in [-0.05, 0) is 19.1 Å². The predicted molar refractivity (Wildman–Crippen MR) is 47.3 cm³/mol. The van der Waals surface area contributed by atoms with Crippen LogP contribution in [0.15, 0.2) is 18.3 Å². The van der Waals surface area contributed by atoms with Gasteiger partial charge in [0.15, 0.2) is 0 Å². The number of nitrogens with one attached hydrogen (secondary N) is 1. The normalized spacial score (nSPS) is 9.50. The summed E-state index contributed by atoms with van der Waals surface area (Å²) in [6.07, 6.45) is 1.55. The molecule has 0 bridgehead atoms. The van der Waals surface area contributed by atoms with Gasteiger partial charge in [0, 0.05) is 12.7 Å². The first-order chi connectivity index (χ1) is 5.75. The molecule has 1 rings (SSSR count). The molecule has 1 heterocycles. The van der Waals surface area contributed by atoms with E-state index in [1.54, 1.807) is 18.3 Å². The first-order valence-corrected chi connectivity index (χ1v) is 4.02. The average molecular weight is 185 g/mol. The summed E-state index contributed by atoms with van der Waals surface area (Å²) >= 11 is 5.68. The molecule has 0 aliphatic rings. The molecule has 12 heavy (non-hydrogen) atoms. The van der Waals surface area contributed by atoms with Crippen LogP contribution < -0.4 is 5.32 Å². The van der Waals surface area contributed by atoms with E-state index < -0.39 is 0 Å². The summed E-state index contributed by atoms with van der Waals surface area (Å²) in [6.45, 7) is 2.44. The SMILES string of the molecule is CCNC(=O)c1cccnc1Cl. The van der Waals surface area contributed by atoms with Crippen LogP contribution in [0.4, 0.5) is 0 Å². The van der Waals surface area contributed by atoms with Crippen LogP contribution in [0, 0.1) is 0 Å². The molecular formula is C8H9ClN2O. The minimum Gasteiger partial charge on any atom is -0.352 e. The second kappa shape index (κ2) is 4.07. The molecule has 0 atom stereocenters. The Morgan fingerprint density at radius 3 is 3.08 bits per heavy atom. The van der Waals surface area contributed by atoms with Crippen LogP contribution in [0.1, 0.15) is 17.3 Å². The molecule has 1 amide bonds. The minimum absolute atomic E-state index is 0.185. The van der Waals surface area contributed by atoms with E-state index in [9.17, 15) is 4.79 Å². The fourth-order valence-electron chi connectivity index (χ4n) is 0.811. The molecule has 1 aromatic rings. The number of carbonyl (C=O) groups is 1. The smallest absolute Gasteiger partial charge is 0.254 e. The molecule has 0 aromatic carbocycles. The van der Waals surface area contributed by atoms with Crippen LogP contribution >= 0.6 is 11.6 Å². The van der Waals surface area contributed by atoms with Gasteiger partial charge in [-0.2, -0.15) is 0 Å². The van der Waals surface area contributed by atoms with E-state index >= 15 is 0 Å². The summed E-state index contributed by atoms with van der Waals surface area (Å²) in [5.74, 6) is -0.185. The standard InChI is InChI=1S/C8H9ClN2O/c1-2-10-8(12)6-4-3-5-11-7(6)9/h3-5H,2H2,1H3,(H,10,12). The molecule has 0 saturated heterocycles. The van der Waals surface area contributed by atoms with E-state index in [1.807, 2.05) is 6.92 Å². The van der Waals surface area contributed by atoms with Gasteiger partial charge in [-0.3, -0.25) is 4.79 Å². The monoisotopic (exact) mass is 184 g/mol. The van der Waals surface area contributed by atoms with E-state index in [0.717, 1.165) is 0 Å². The fraction of sp³-hybridized carbons (Fsp3) is 0.250. The minimum atomic E-state index is -0.185. The Labute approximate surface area is 75.8 Å². The van der Waals surface area contributed by atoms with Crippen molar-refractivity contribution in [2.75, 3.05) is 6.54 Å². The molecule has 0 saturated carbocycles. The van der Waals surface area contributed by atoms with Crippen molar-refractivity contribution in [3.8, 4) is 0 Å². The van der Waals surface area contributed by atoms with Crippen LogP contribution in [-0.2, 0) is 0 Å². The molecule has 0 aliphatic carbocycles. The molecule has 4 heteroatoms. The number of rotatable bonds is 2. The van der Waals surface area contributed by atoms with Gasteiger partial charge >= 0.3 is 0 Å². The van der Waals surface area contributed by atoms with E-state index in [2.05, 4.69) is 10.3 Å². The third-order valence-corrected chi connectivity index (χ3v) is 1.64. The Morgan fingerprint density at radius 2 is 2.50 bits per heavy atom. The molecule has 0 aliphatic heterocycles. The van der Waals surface area contributed by atoms with Gasteiger partial charge in [0.1, 0.15) is 5.15 Å². The summed E-state index contributed by atoms with van der Waals surface area (Å²) < 4.78 is 0. The topological polar surface area (TPSA) is 42.0 Å². The molecule has 1 N–H and O–H groups in total. The Kier molecular flexibility index (Phi) is 3.05. The summed E-state index contributed by atoms with van der Waals surface area (Å²) in [5.41, 5.74) is 0.418. The zero-order chi connectivity index (χ0) is 8.97. The number of carbonyl (C=O) groups excluding carboxylic acids is 1. The van der Waals surface area contributed by atoms with Gasteiger partial charge in [-0.15, -0.1) is 0 Å². The number of amides is 1. The molecule has 0 fully saturated rings. The van der Waals surface area contributed by atoms with Crippen LogP contribution in [-0.4, -0.2) is 17.4 Å². The van der Waals surface area contributed by atoms with Crippen molar-refractivity contribution in [3.05, 3.63) is 29.0 Å². The third-order valence-electron chi connectivity index (χ3n) is 1.34. The number of nitrogens with zero attached hydrogens (tertiary/aromatic N) is 1. The number of hydrogen-bond donors (Lipinski definition) is 1. The molecule has 64 valence electrons. The van der Waals surface area contributed by atoms with E-state index in [0.29, 0.717) is 12.1 Å². The third kappa shape index (κ3) is 1.95. The molecule has 1 aromatic heterocycles. The fourth-order valence-corrected chi connectivity index (χ4v) is 1.02. The van der Waals surface area contributed by atoms with Crippen LogP contribution in [0.3, 0.4) is 0 Å². The van der Waals surface area contributed by atoms with Crippen molar-refractivity contribution in [2.45, 2.75) is 6.92 Å². The lowest BCUT2D eigenvalue weighted by Gasteiger charge is -2.01. The van der Waals surface area contributed by atoms with Crippen molar-refractivity contribution in [1.82, 2.24) is 10.3 Å². The summed E-state index contributed by atoms with van der Waals surface area (Å²) in [7, 11) is 0. The predicted octanol–water partition coefficient (Wildman–Crippen LogP) is 1.48. The van der Waals surface area contributed by atoms with E-state index in [-0.39, 0.29) is 11.1 Å². The number of pyridine rings is 1. The Morgan fingerprint density at radius 1 is 1.75 bits per heavy atom. The quantitative estimate of drug-likeness (QED) is 0.708. The Hall–Kier alpha value is -1.09. The molecule has 0 unspecified atom stereocenters. The van der Waals surface area contributed by atoms with Gasteiger partial charge in [-0.1, -0.05) is 11.6 Å². The zero-order valence-electron chi connectivity index (χ0n) is 6.67. The van der Waals surface area contributed by atoms with Crippen LogP contribution in [0.5, 0.6) is 0 Å². The van der Waals surface area contributed by atoms with Crippen molar-refractivity contribution in [2.24, 2.45) is 0 Å². The second-order valence-corrected chi connectivity index (χ2v) is 2.56. The van der Waals surface area contributed by atoms with Gasteiger partial charge in [0.25, 0.3) is 5.91 Å². The Balaban J connectivity index is 2.87. The van der Waals surface area contributed by atoms with E-state index in [1.165, 1.54) is 0 Å². The zero-order valence-corrected chi connectivity index (χ0v) is 7.43. The van der Waals surface area contributed by atoms with Gasteiger partial charge in [-0.25, -0.2) is 4.98 Å². The number of aromatic nitrogens is 1. The molecule has 3 nitrogen and oxygen atoms in total. The van der Waals surface area contributed by atoms with Gasteiger partial charge in [0.05, 0.1) is 5.56 Å². The maximum Gasteiger partial charge on any atom is 0.254 e. The van der Waals surface area contributed by atoms with Crippen molar-refractivity contribution in [3.63, 3.8) is 0 Å². The van der Waals surface area contributed by atoms with Crippen LogP contribution in [0.2, 0.25) is 5.15 Å². The number of hydrogen-bond acceptors (Lipinski definition) is 2. The van der Waals surface area contributed by atoms with Gasteiger partial charge in [0.2, 0.25) is 0 Å². The second-order valence-electron chi connectivity index (χ2n) is 2.20. The van der Waals surface area contributed by atoms with Crippen LogP contribution in [0.25, 0.3) is 0 Å². The summed E-state index contributed by atoms with van der Waals surface area (Å²) in [5, 5.41) is 2.88. The Bertz CT molecular complexity index is 288. The average Bonchev–Trinajstić information content (AvgIpc) is 2.05. The van der Waals surface area contributed by atoms with Crippen molar-refractivity contribution in [1.29, 1.82) is 0 Å². The van der Waals surface area contributed by atoms with Crippen molar-refractivity contribution >= 4 is 17.5 Å². The first kappa shape index (κ1) is 9.00. The summed E-state index contributed by atoms with van der Waals surface area (Å²) in [4.78, 5) is 15.0. The lowest BCUT2D eigenvalue weighted by Crippen LogP contribution is -2.23. The highest BCUT2D eigenvalue weighted by atomic mass is 35.5. The highest BCUT2D eigenvalue weighted by Crippen LogP contribution is 2.10. The summed E-state index contributed by atoms with van der Waals surface area (Å²) in [6, 6.07) is 3.32. The highest BCUT2D eigenvalue weighted by molar-refractivity contribution is 6.32. The largest absolute Gasteiger partial charge is 0.352 e. The van der Waals surface area contributed by atoms with Gasteiger partial charge < -0.3 is 5.32 Å².